The standard InChI is InChI=1S/C36H38N2O2Si/c1-5-39-41(4,40-6-2)36-27-25-35(26-28-36)38(32-19-17-29(3)18-20-32)34-23-21-33(22-24-34)37(30-13-9-7-10-14-30)31-15-11-8-12-16-31/h7-28H,5-6H2,1-4H3. The van der Waals surface area contributed by atoms with Crippen molar-refractivity contribution in [2.45, 2.75) is 27.3 Å². The quantitative estimate of drug-likeness (QED) is 0.151. The summed E-state index contributed by atoms with van der Waals surface area (Å²) in [6.45, 7) is 9.56. The number of benzene rings is 5. The van der Waals surface area contributed by atoms with E-state index in [1.807, 2.05) is 26.0 Å². The molecule has 5 rings (SSSR count). The van der Waals surface area contributed by atoms with E-state index in [0.717, 1.165) is 39.3 Å². The Bertz CT molecular complexity index is 1460. The van der Waals surface area contributed by atoms with Crippen LogP contribution in [0.5, 0.6) is 0 Å². The molecule has 5 heteroatoms. The van der Waals surface area contributed by atoms with Gasteiger partial charge in [-0.3, -0.25) is 0 Å². The fraction of sp³-hybridized carbons (Fsp3) is 0.167. The Morgan fingerprint density at radius 2 is 0.780 bits per heavy atom. The van der Waals surface area contributed by atoms with Crippen LogP contribution in [0.25, 0.3) is 0 Å². The Labute approximate surface area is 245 Å². The van der Waals surface area contributed by atoms with Crippen molar-refractivity contribution in [2.75, 3.05) is 23.0 Å². The summed E-state index contributed by atoms with van der Waals surface area (Å²) >= 11 is 0. The minimum absolute atomic E-state index is 0.634. The molecular weight excluding hydrogens is 520 g/mol. The second kappa shape index (κ2) is 13.0. The van der Waals surface area contributed by atoms with Crippen molar-refractivity contribution >= 4 is 47.9 Å². The van der Waals surface area contributed by atoms with E-state index < -0.39 is 8.56 Å². The Hall–Kier alpha value is -4.16. The topological polar surface area (TPSA) is 24.9 Å². The Balaban J connectivity index is 1.54. The number of anilines is 6. The first-order valence-electron chi connectivity index (χ1n) is 14.3. The van der Waals surface area contributed by atoms with Gasteiger partial charge < -0.3 is 18.7 Å². The van der Waals surface area contributed by atoms with E-state index in [9.17, 15) is 0 Å². The maximum Gasteiger partial charge on any atom is 0.369 e. The fourth-order valence-electron chi connectivity index (χ4n) is 5.17. The second-order valence-corrected chi connectivity index (χ2v) is 13.1. The van der Waals surface area contributed by atoms with E-state index >= 15 is 0 Å². The number of nitrogens with zero attached hydrogens (tertiary/aromatic N) is 2. The Kier molecular flexibility index (Phi) is 9.00. The minimum atomic E-state index is -2.46. The van der Waals surface area contributed by atoms with Gasteiger partial charge in [0.05, 0.1) is 0 Å². The van der Waals surface area contributed by atoms with E-state index in [0.29, 0.717) is 13.2 Å². The molecule has 0 N–H and O–H groups in total. The second-order valence-electron chi connectivity index (χ2n) is 10.1. The molecule has 5 aromatic carbocycles. The third-order valence-corrected chi connectivity index (χ3v) is 10.2. The van der Waals surface area contributed by atoms with Crippen LogP contribution in [0.4, 0.5) is 34.1 Å². The molecule has 5 aromatic rings. The van der Waals surface area contributed by atoms with Gasteiger partial charge in [-0.2, -0.15) is 0 Å². The first-order valence-corrected chi connectivity index (χ1v) is 16.6. The molecule has 0 radical (unpaired) electrons. The summed E-state index contributed by atoms with van der Waals surface area (Å²) in [4.78, 5) is 4.57. The van der Waals surface area contributed by atoms with Gasteiger partial charge in [-0.05, 0) is 105 Å². The number of rotatable bonds is 11. The minimum Gasteiger partial charge on any atom is -0.391 e. The van der Waals surface area contributed by atoms with E-state index in [4.69, 9.17) is 8.85 Å². The van der Waals surface area contributed by atoms with Gasteiger partial charge in [0.1, 0.15) is 0 Å². The molecule has 0 saturated heterocycles. The summed E-state index contributed by atoms with van der Waals surface area (Å²) in [6.07, 6.45) is 0. The summed E-state index contributed by atoms with van der Waals surface area (Å²) < 4.78 is 12.3. The predicted octanol–water partition coefficient (Wildman–Crippen LogP) is 9.29. The summed E-state index contributed by atoms with van der Waals surface area (Å²) in [5.41, 5.74) is 7.84. The van der Waals surface area contributed by atoms with Gasteiger partial charge in [-0.15, -0.1) is 0 Å². The lowest BCUT2D eigenvalue weighted by atomic mass is 10.1. The van der Waals surface area contributed by atoms with Gasteiger partial charge in [0.15, 0.2) is 0 Å². The molecular formula is C36H38N2O2Si. The van der Waals surface area contributed by atoms with Crippen LogP contribution in [-0.2, 0) is 8.85 Å². The predicted molar refractivity (Wildman–Crippen MR) is 175 cm³/mol. The molecule has 0 aliphatic heterocycles. The molecule has 0 heterocycles. The molecule has 0 atom stereocenters. The van der Waals surface area contributed by atoms with Crippen LogP contribution in [0.15, 0.2) is 133 Å². The molecule has 0 saturated carbocycles. The van der Waals surface area contributed by atoms with Crippen molar-refractivity contribution < 1.29 is 8.85 Å². The molecule has 0 aromatic heterocycles. The van der Waals surface area contributed by atoms with Crippen LogP contribution in [0.1, 0.15) is 19.4 Å². The van der Waals surface area contributed by atoms with Gasteiger partial charge in [-0.1, -0.05) is 66.2 Å². The molecule has 41 heavy (non-hydrogen) atoms. The molecule has 0 fully saturated rings. The third kappa shape index (κ3) is 6.44. The third-order valence-electron chi connectivity index (χ3n) is 7.18. The first kappa shape index (κ1) is 28.4. The lowest BCUT2D eigenvalue weighted by molar-refractivity contribution is 0.202. The largest absolute Gasteiger partial charge is 0.391 e. The molecule has 0 unspecified atom stereocenters. The number of para-hydroxylation sites is 2. The first-order chi connectivity index (χ1) is 20.0. The van der Waals surface area contributed by atoms with E-state index in [-0.39, 0.29) is 0 Å². The van der Waals surface area contributed by atoms with Crippen molar-refractivity contribution in [3.63, 3.8) is 0 Å². The van der Waals surface area contributed by atoms with Crippen LogP contribution < -0.4 is 15.0 Å². The summed E-state index contributed by atoms with van der Waals surface area (Å²) in [5.74, 6) is 0. The summed E-state index contributed by atoms with van der Waals surface area (Å²) in [7, 11) is -2.46. The van der Waals surface area contributed by atoms with Crippen molar-refractivity contribution in [1.82, 2.24) is 0 Å². The number of hydrogen-bond acceptors (Lipinski definition) is 4. The normalized spacial score (nSPS) is 11.3. The van der Waals surface area contributed by atoms with Crippen molar-refractivity contribution in [2.24, 2.45) is 0 Å². The monoisotopic (exact) mass is 558 g/mol. The molecule has 0 aliphatic rings. The highest BCUT2D eigenvalue weighted by Crippen LogP contribution is 2.38. The summed E-state index contributed by atoms with van der Waals surface area (Å²) in [6, 6.07) is 47.1. The molecule has 0 bridgehead atoms. The average molecular weight is 559 g/mol. The van der Waals surface area contributed by atoms with Gasteiger partial charge in [0.2, 0.25) is 0 Å². The van der Waals surface area contributed by atoms with E-state index in [1.54, 1.807) is 0 Å². The van der Waals surface area contributed by atoms with E-state index in [1.165, 1.54) is 5.56 Å². The maximum absolute atomic E-state index is 6.15. The highest BCUT2D eigenvalue weighted by Gasteiger charge is 2.33. The smallest absolute Gasteiger partial charge is 0.369 e. The van der Waals surface area contributed by atoms with Gasteiger partial charge in [0.25, 0.3) is 0 Å². The van der Waals surface area contributed by atoms with Crippen LogP contribution in [-0.4, -0.2) is 21.8 Å². The average Bonchev–Trinajstić information content (AvgIpc) is 3.01. The lowest BCUT2D eigenvalue weighted by Gasteiger charge is -2.29. The molecule has 0 spiro atoms. The van der Waals surface area contributed by atoms with Crippen LogP contribution in [0.2, 0.25) is 6.55 Å². The van der Waals surface area contributed by atoms with Crippen LogP contribution >= 0.6 is 0 Å². The van der Waals surface area contributed by atoms with Crippen LogP contribution in [0, 0.1) is 6.92 Å². The molecule has 0 aliphatic carbocycles. The highest BCUT2D eigenvalue weighted by molar-refractivity contribution is 6.80. The van der Waals surface area contributed by atoms with Gasteiger partial charge in [0, 0.05) is 47.3 Å². The molecule has 4 nitrogen and oxygen atoms in total. The van der Waals surface area contributed by atoms with Crippen molar-refractivity contribution in [3.8, 4) is 0 Å². The fourth-order valence-corrected chi connectivity index (χ4v) is 7.46. The van der Waals surface area contributed by atoms with Gasteiger partial charge >= 0.3 is 8.56 Å². The van der Waals surface area contributed by atoms with E-state index in [2.05, 4.69) is 145 Å². The lowest BCUT2D eigenvalue weighted by Crippen LogP contribution is -2.51. The van der Waals surface area contributed by atoms with Crippen molar-refractivity contribution in [3.05, 3.63) is 139 Å². The maximum atomic E-state index is 6.15. The van der Waals surface area contributed by atoms with Crippen molar-refractivity contribution in [1.29, 1.82) is 0 Å². The van der Waals surface area contributed by atoms with Gasteiger partial charge in [-0.25, -0.2) is 0 Å². The number of hydrogen-bond donors (Lipinski definition) is 0. The molecule has 0 amide bonds. The zero-order valence-electron chi connectivity index (χ0n) is 24.3. The Morgan fingerprint density at radius 3 is 1.15 bits per heavy atom. The highest BCUT2D eigenvalue weighted by atomic mass is 28.4. The molecule has 208 valence electrons. The summed E-state index contributed by atoms with van der Waals surface area (Å²) in [5, 5.41) is 1.13. The zero-order chi connectivity index (χ0) is 28.7. The zero-order valence-corrected chi connectivity index (χ0v) is 25.3. The SMILES string of the molecule is CCO[Si](C)(OCC)c1ccc(N(c2ccc(C)cc2)c2ccc(N(c3ccccc3)c3ccccc3)cc2)cc1. The Morgan fingerprint density at radius 1 is 0.463 bits per heavy atom. The van der Waals surface area contributed by atoms with Crippen LogP contribution in [0.3, 0.4) is 0 Å². The number of aryl methyl sites for hydroxylation is 1.